The van der Waals surface area contributed by atoms with E-state index in [2.05, 4.69) is 59.7 Å². The fourth-order valence-corrected chi connectivity index (χ4v) is 5.54. The van der Waals surface area contributed by atoms with E-state index in [4.69, 9.17) is 4.98 Å². The van der Waals surface area contributed by atoms with Gasteiger partial charge in [-0.15, -0.1) is 11.3 Å². The molecule has 0 radical (unpaired) electrons. The standard InChI is InChI=1S/C20H30N4S/c1-15(2)24-16(3)21-19-18(24)13-23(12-17-6-5-11-25-17)14-20(19)7-9-22(4)10-8-20/h5-6,11,15H,7-10,12-14H2,1-4H3. The Bertz CT molecular complexity index is 723. The van der Waals surface area contributed by atoms with Crippen molar-refractivity contribution < 1.29 is 0 Å². The van der Waals surface area contributed by atoms with Crippen LogP contribution in [0.25, 0.3) is 0 Å². The Morgan fingerprint density at radius 3 is 2.68 bits per heavy atom. The summed E-state index contributed by atoms with van der Waals surface area (Å²) in [5, 5.41) is 2.19. The van der Waals surface area contributed by atoms with Gasteiger partial charge < -0.3 is 9.47 Å². The van der Waals surface area contributed by atoms with Crippen LogP contribution in [0.1, 0.15) is 54.8 Å². The number of nitrogens with zero attached hydrogens (tertiary/aromatic N) is 4. The molecule has 0 bridgehead atoms. The summed E-state index contributed by atoms with van der Waals surface area (Å²) in [6, 6.07) is 4.91. The third kappa shape index (κ3) is 3.07. The number of hydrogen-bond acceptors (Lipinski definition) is 4. The molecule has 4 heterocycles. The summed E-state index contributed by atoms with van der Waals surface area (Å²) in [6.45, 7) is 12.4. The SMILES string of the molecule is Cc1nc2c(n1C(C)C)CN(Cc1cccs1)CC21CCN(C)CC1. The van der Waals surface area contributed by atoms with Crippen molar-refractivity contribution in [2.45, 2.75) is 58.2 Å². The molecule has 2 aliphatic heterocycles. The molecule has 0 saturated carbocycles. The van der Waals surface area contributed by atoms with Gasteiger partial charge in [-0.3, -0.25) is 4.90 Å². The van der Waals surface area contributed by atoms with Gasteiger partial charge in [-0.1, -0.05) is 6.07 Å². The minimum Gasteiger partial charge on any atom is -0.328 e. The normalized spacial score (nSPS) is 21.2. The molecule has 1 spiro atoms. The molecule has 0 aromatic carbocycles. The number of aromatic nitrogens is 2. The molecule has 4 rings (SSSR count). The maximum Gasteiger partial charge on any atom is 0.106 e. The van der Waals surface area contributed by atoms with Crippen LogP contribution in [0.3, 0.4) is 0 Å². The molecule has 136 valence electrons. The first kappa shape index (κ1) is 17.3. The lowest BCUT2D eigenvalue weighted by molar-refractivity contribution is 0.100. The van der Waals surface area contributed by atoms with Crippen LogP contribution in [-0.4, -0.2) is 46.0 Å². The average molecular weight is 359 g/mol. The van der Waals surface area contributed by atoms with E-state index in [0.29, 0.717) is 6.04 Å². The van der Waals surface area contributed by atoms with E-state index in [9.17, 15) is 0 Å². The van der Waals surface area contributed by atoms with Gasteiger partial charge in [-0.05, 0) is 65.2 Å². The predicted molar refractivity (Wildman–Crippen MR) is 104 cm³/mol. The summed E-state index contributed by atoms with van der Waals surface area (Å²) in [5.41, 5.74) is 3.12. The maximum atomic E-state index is 5.13. The summed E-state index contributed by atoms with van der Waals surface area (Å²) >= 11 is 1.88. The van der Waals surface area contributed by atoms with Crippen LogP contribution in [0, 0.1) is 6.92 Å². The topological polar surface area (TPSA) is 24.3 Å². The molecular formula is C20H30N4S. The summed E-state index contributed by atoms with van der Waals surface area (Å²) in [4.78, 5) is 11.7. The second-order valence-corrected chi connectivity index (χ2v) is 9.26. The van der Waals surface area contributed by atoms with E-state index >= 15 is 0 Å². The largest absolute Gasteiger partial charge is 0.328 e. The highest BCUT2D eigenvalue weighted by Crippen LogP contribution is 2.42. The molecule has 2 aromatic heterocycles. The Morgan fingerprint density at radius 2 is 2.04 bits per heavy atom. The highest BCUT2D eigenvalue weighted by molar-refractivity contribution is 7.09. The number of imidazole rings is 1. The number of likely N-dealkylation sites (tertiary alicyclic amines) is 1. The summed E-state index contributed by atoms with van der Waals surface area (Å²) in [7, 11) is 2.25. The van der Waals surface area contributed by atoms with E-state index in [1.807, 2.05) is 11.3 Å². The van der Waals surface area contributed by atoms with Gasteiger partial charge in [0.1, 0.15) is 5.82 Å². The molecular weight excluding hydrogens is 328 g/mol. The van der Waals surface area contributed by atoms with Gasteiger partial charge in [0.2, 0.25) is 0 Å². The first-order valence-electron chi connectivity index (χ1n) is 9.50. The van der Waals surface area contributed by atoms with Gasteiger partial charge in [0.25, 0.3) is 0 Å². The quantitative estimate of drug-likeness (QED) is 0.834. The number of rotatable bonds is 3. The molecule has 2 aromatic rings. The van der Waals surface area contributed by atoms with Gasteiger partial charge >= 0.3 is 0 Å². The summed E-state index contributed by atoms with van der Waals surface area (Å²) in [6.07, 6.45) is 2.46. The molecule has 5 heteroatoms. The molecule has 0 N–H and O–H groups in total. The Balaban J connectivity index is 1.73. The van der Waals surface area contributed by atoms with Gasteiger partial charge in [0.15, 0.2) is 0 Å². The zero-order valence-corrected chi connectivity index (χ0v) is 16.8. The highest BCUT2D eigenvalue weighted by atomic mass is 32.1. The van der Waals surface area contributed by atoms with Gasteiger partial charge in [-0.2, -0.15) is 0 Å². The highest BCUT2D eigenvalue weighted by Gasteiger charge is 2.44. The van der Waals surface area contributed by atoms with Crippen LogP contribution in [0.15, 0.2) is 17.5 Å². The van der Waals surface area contributed by atoms with Crippen LogP contribution in [0.4, 0.5) is 0 Å². The molecule has 1 saturated heterocycles. The minimum absolute atomic E-state index is 0.238. The van der Waals surface area contributed by atoms with E-state index in [-0.39, 0.29) is 5.41 Å². The first-order valence-corrected chi connectivity index (χ1v) is 10.4. The number of fused-ring (bicyclic) bond motifs is 2. The van der Waals surface area contributed by atoms with Crippen molar-refractivity contribution in [3.05, 3.63) is 39.6 Å². The van der Waals surface area contributed by atoms with E-state index in [0.717, 1.165) is 19.6 Å². The zero-order valence-electron chi connectivity index (χ0n) is 16.0. The Labute approximate surface area is 155 Å². The van der Waals surface area contributed by atoms with Crippen molar-refractivity contribution in [2.75, 3.05) is 26.7 Å². The van der Waals surface area contributed by atoms with Crippen LogP contribution in [0.2, 0.25) is 0 Å². The second-order valence-electron chi connectivity index (χ2n) is 8.23. The van der Waals surface area contributed by atoms with Crippen molar-refractivity contribution in [1.29, 1.82) is 0 Å². The number of aryl methyl sites for hydroxylation is 1. The maximum absolute atomic E-state index is 5.13. The predicted octanol–water partition coefficient (Wildman–Crippen LogP) is 3.81. The molecule has 0 atom stereocenters. The number of hydrogen-bond donors (Lipinski definition) is 0. The number of thiophene rings is 1. The third-order valence-electron chi connectivity index (χ3n) is 6.01. The van der Waals surface area contributed by atoms with Crippen molar-refractivity contribution in [1.82, 2.24) is 19.4 Å². The van der Waals surface area contributed by atoms with Crippen molar-refractivity contribution in [2.24, 2.45) is 0 Å². The van der Waals surface area contributed by atoms with Gasteiger partial charge in [-0.25, -0.2) is 4.98 Å². The smallest absolute Gasteiger partial charge is 0.106 e. The van der Waals surface area contributed by atoms with Crippen LogP contribution in [-0.2, 0) is 18.5 Å². The third-order valence-corrected chi connectivity index (χ3v) is 6.87. The van der Waals surface area contributed by atoms with Gasteiger partial charge in [0, 0.05) is 36.0 Å². The van der Waals surface area contributed by atoms with Gasteiger partial charge in [0.05, 0.1) is 11.4 Å². The Morgan fingerprint density at radius 1 is 1.28 bits per heavy atom. The van der Waals surface area contributed by atoms with E-state index in [1.165, 1.54) is 48.0 Å². The van der Waals surface area contributed by atoms with E-state index in [1.54, 1.807) is 0 Å². The summed E-state index contributed by atoms with van der Waals surface area (Å²) < 4.78 is 2.48. The molecule has 25 heavy (non-hydrogen) atoms. The zero-order chi connectivity index (χ0) is 17.6. The Hall–Kier alpha value is -1.17. The van der Waals surface area contributed by atoms with Crippen molar-refractivity contribution in [3.8, 4) is 0 Å². The molecule has 1 fully saturated rings. The second kappa shape index (κ2) is 6.53. The molecule has 0 amide bonds. The van der Waals surface area contributed by atoms with E-state index < -0.39 is 0 Å². The van der Waals surface area contributed by atoms with Crippen molar-refractivity contribution in [3.63, 3.8) is 0 Å². The molecule has 4 nitrogen and oxygen atoms in total. The fourth-order valence-electron chi connectivity index (χ4n) is 4.80. The van der Waals surface area contributed by atoms with Crippen molar-refractivity contribution >= 4 is 11.3 Å². The van der Waals surface area contributed by atoms with Crippen LogP contribution < -0.4 is 0 Å². The minimum atomic E-state index is 0.238. The number of piperidine rings is 1. The fraction of sp³-hybridized carbons (Fsp3) is 0.650. The van der Waals surface area contributed by atoms with Crippen LogP contribution >= 0.6 is 11.3 Å². The van der Waals surface area contributed by atoms with Crippen LogP contribution in [0.5, 0.6) is 0 Å². The molecule has 2 aliphatic rings. The average Bonchev–Trinajstić information content (AvgIpc) is 3.18. The lowest BCUT2D eigenvalue weighted by atomic mass is 9.72. The lowest BCUT2D eigenvalue weighted by Gasteiger charge is -2.46. The lowest BCUT2D eigenvalue weighted by Crippen LogP contribution is -2.51. The monoisotopic (exact) mass is 358 g/mol. The summed E-state index contributed by atoms with van der Waals surface area (Å²) in [5.74, 6) is 1.19. The Kier molecular flexibility index (Phi) is 4.50. The molecule has 0 unspecified atom stereocenters. The molecule has 0 aliphatic carbocycles. The first-order chi connectivity index (χ1) is 12.0.